The molecule has 2 N–H and O–H groups in total. The molecule has 1 rings (SSSR count). The molecule has 1 atom stereocenters. The first-order valence-electron chi connectivity index (χ1n) is 5.86. The fourth-order valence-electron chi connectivity index (χ4n) is 1.64. The predicted molar refractivity (Wildman–Crippen MR) is 79.8 cm³/mol. The van der Waals surface area contributed by atoms with Crippen LogP contribution in [0.1, 0.15) is 30.9 Å². The molecule has 1 aromatic carbocycles. The van der Waals surface area contributed by atoms with Gasteiger partial charge in [-0.1, -0.05) is 45.2 Å². The minimum Gasteiger partial charge on any atom is -0.480 e. The SMILES string of the molecule is CCCC(NCc1cc(Br)c(C)c(Br)c1)C(=O)O. The summed E-state index contributed by atoms with van der Waals surface area (Å²) in [7, 11) is 0. The number of carboxylic acid groups (broad SMARTS) is 1. The summed E-state index contributed by atoms with van der Waals surface area (Å²) in [5.74, 6) is -0.790. The van der Waals surface area contributed by atoms with Crippen LogP contribution in [0.15, 0.2) is 21.1 Å². The molecule has 0 spiro atoms. The number of rotatable bonds is 6. The summed E-state index contributed by atoms with van der Waals surface area (Å²) >= 11 is 6.98. The van der Waals surface area contributed by atoms with Crippen LogP contribution in [-0.4, -0.2) is 17.1 Å². The average molecular weight is 379 g/mol. The Hall–Kier alpha value is -0.390. The van der Waals surface area contributed by atoms with E-state index in [1.54, 1.807) is 0 Å². The zero-order valence-electron chi connectivity index (χ0n) is 10.5. The van der Waals surface area contributed by atoms with Crippen LogP contribution in [0.4, 0.5) is 0 Å². The maximum Gasteiger partial charge on any atom is 0.320 e. The van der Waals surface area contributed by atoms with Crippen molar-refractivity contribution in [1.82, 2.24) is 5.32 Å². The summed E-state index contributed by atoms with van der Waals surface area (Å²) < 4.78 is 2.05. The number of halogens is 2. The lowest BCUT2D eigenvalue weighted by Crippen LogP contribution is -2.36. The van der Waals surface area contributed by atoms with E-state index in [2.05, 4.69) is 37.2 Å². The standard InChI is InChI=1S/C13H17Br2NO2/c1-3-4-12(13(17)18)16-7-9-5-10(14)8(2)11(15)6-9/h5-6,12,16H,3-4,7H2,1-2H3,(H,17,18). The quantitative estimate of drug-likeness (QED) is 0.790. The molecule has 100 valence electrons. The van der Waals surface area contributed by atoms with E-state index in [4.69, 9.17) is 5.11 Å². The molecule has 18 heavy (non-hydrogen) atoms. The van der Waals surface area contributed by atoms with Crippen LogP contribution in [-0.2, 0) is 11.3 Å². The maximum atomic E-state index is 11.0. The second-order valence-corrected chi connectivity index (χ2v) is 5.95. The van der Waals surface area contributed by atoms with Gasteiger partial charge >= 0.3 is 5.97 Å². The van der Waals surface area contributed by atoms with Gasteiger partial charge < -0.3 is 10.4 Å². The van der Waals surface area contributed by atoms with Crippen molar-refractivity contribution in [3.8, 4) is 0 Å². The highest BCUT2D eigenvalue weighted by Crippen LogP contribution is 2.26. The number of carbonyl (C=O) groups is 1. The summed E-state index contributed by atoms with van der Waals surface area (Å²) in [6, 6.07) is 3.55. The molecule has 1 unspecified atom stereocenters. The summed E-state index contributed by atoms with van der Waals surface area (Å²) in [5.41, 5.74) is 2.20. The summed E-state index contributed by atoms with van der Waals surface area (Å²) in [6.07, 6.45) is 1.49. The molecular formula is C13H17Br2NO2. The fraction of sp³-hybridized carbons (Fsp3) is 0.462. The molecular weight excluding hydrogens is 362 g/mol. The molecule has 0 aliphatic rings. The third-order valence-corrected chi connectivity index (χ3v) is 4.42. The fourth-order valence-corrected chi connectivity index (χ4v) is 2.92. The highest BCUT2D eigenvalue weighted by atomic mass is 79.9. The number of nitrogens with one attached hydrogen (secondary N) is 1. The van der Waals surface area contributed by atoms with Gasteiger partial charge in [-0.2, -0.15) is 0 Å². The van der Waals surface area contributed by atoms with E-state index in [0.717, 1.165) is 26.5 Å². The number of hydrogen-bond donors (Lipinski definition) is 2. The number of aliphatic carboxylic acids is 1. The summed E-state index contributed by atoms with van der Waals surface area (Å²) in [6.45, 7) is 4.55. The second-order valence-electron chi connectivity index (χ2n) is 4.24. The van der Waals surface area contributed by atoms with Gasteiger partial charge in [0.25, 0.3) is 0 Å². The van der Waals surface area contributed by atoms with Crippen LogP contribution in [0, 0.1) is 6.92 Å². The lowest BCUT2D eigenvalue weighted by atomic mass is 10.1. The van der Waals surface area contributed by atoms with Crippen LogP contribution < -0.4 is 5.32 Å². The Labute approximate surface area is 124 Å². The average Bonchev–Trinajstić information content (AvgIpc) is 2.30. The molecule has 0 heterocycles. The van der Waals surface area contributed by atoms with E-state index < -0.39 is 12.0 Å². The highest BCUT2D eigenvalue weighted by Gasteiger charge is 2.15. The Bertz CT molecular complexity index is 412. The van der Waals surface area contributed by atoms with E-state index in [0.29, 0.717) is 13.0 Å². The zero-order chi connectivity index (χ0) is 13.7. The Morgan fingerprint density at radius 2 is 1.94 bits per heavy atom. The van der Waals surface area contributed by atoms with Gasteiger partial charge in [-0.05, 0) is 36.6 Å². The molecule has 0 aromatic heterocycles. The smallest absolute Gasteiger partial charge is 0.320 e. The van der Waals surface area contributed by atoms with Crippen molar-refractivity contribution < 1.29 is 9.90 Å². The first kappa shape index (κ1) is 15.7. The number of carboxylic acids is 1. The van der Waals surface area contributed by atoms with Crippen molar-refractivity contribution in [1.29, 1.82) is 0 Å². The maximum absolute atomic E-state index is 11.0. The number of benzene rings is 1. The van der Waals surface area contributed by atoms with Crippen LogP contribution >= 0.6 is 31.9 Å². The number of hydrogen-bond acceptors (Lipinski definition) is 2. The van der Waals surface area contributed by atoms with Crippen molar-refractivity contribution in [2.45, 2.75) is 39.3 Å². The molecule has 0 amide bonds. The zero-order valence-corrected chi connectivity index (χ0v) is 13.6. The molecule has 0 aliphatic carbocycles. The molecule has 3 nitrogen and oxygen atoms in total. The molecule has 0 aliphatic heterocycles. The van der Waals surface area contributed by atoms with E-state index in [-0.39, 0.29) is 0 Å². The normalized spacial score (nSPS) is 12.4. The van der Waals surface area contributed by atoms with Gasteiger partial charge in [0.05, 0.1) is 0 Å². The topological polar surface area (TPSA) is 49.3 Å². The second kappa shape index (κ2) is 7.26. The first-order valence-corrected chi connectivity index (χ1v) is 7.45. The molecule has 1 aromatic rings. The van der Waals surface area contributed by atoms with Gasteiger partial charge in [0.15, 0.2) is 0 Å². The van der Waals surface area contributed by atoms with Crippen LogP contribution in [0.25, 0.3) is 0 Å². The summed E-state index contributed by atoms with van der Waals surface area (Å²) in [5, 5.41) is 12.1. The van der Waals surface area contributed by atoms with Crippen molar-refractivity contribution in [3.63, 3.8) is 0 Å². The molecule has 5 heteroatoms. The van der Waals surface area contributed by atoms with Gasteiger partial charge in [-0.25, -0.2) is 0 Å². The van der Waals surface area contributed by atoms with Crippen LogP contribution in [0.3, 0.4) is 0 Å². The minimum absolute atomic E-state index is 0.478. The lowest BCUT2D eigenvalue weighted by Gasteiger charge is -2.14. The third-order valence-electron chi connectivity index (χ3n) is 2.77. The van der Waals surface area contributed by atoms with Crippen molar-refractivity contribution >= 4 is 37.8 Å². The Balaban J connectivity index is 2.70. The van der Waals surface area contributed by atoms with Gasteiger partial charge in [-0.3, -0.25) is 4.79 Å². The van der Waals surface area contributed by atoms with Gasteiger partial charge in [0.2, 0.25) is 0 Å². The van der Waals surface area contributed by atoms with E-state index in [1.165, 1.54) is 0 Å². The van der Waals surface area contributed by atoms with E-state index >= 15 is 0 Å². The van der Waals surface area contributed by atoms with Gasteiger partial charge in [-0.15, -0.1) is 0 Å². The van der Waals surface area contributed by atoms with Crippen molar-refractivity contribution in [2.24, 2.45) is 0 Å². The van der Waals surface area contributed by atoms with E-state index in [9.17, 15) is 4.79 Å². The Kier molecular flexibility index (Phi) is 6.32. The first-order chi connectivity index (χ1) is 8.45. The van der Waals surface area contributed by atoms with Crippen LogP contribution in [0.2, 0.25) is 0 Å². The summed E-state index contributed by atoms with van der Waals surface area (Å²) in [4.78, 5) is 11.0. The van der Waals surface area contributed by atoms with Crippen molar-refractivity contribution in [3.05, 3.63) is 32.2 Å². The molecule has 0 fully saturated rings. The van der Waals surface area contributed by atoms with Gasteiger partial charge in [0, 0.05) is 15.5 Å². The van der Waals surface area contributed by atoms with Crippen molar-refractivity contribution in [2.75, 3.05) is 0 Å². The van der Waals surface area contributed by atoms with Gasteiger partial charge in [0.1, 0.15) is 6.04 Å². The molecule has 0 saturated heterocycles. The Morgan fingerprint density at radius 1 is 1.39 bits per heavy atom. The largest absolute Gasteiger partial charge is 0.480 e. The molecule has 0 radical (unpaired) electrons. The third kappa shape index (κ3) is 4.37. The lowest BCUT2D eigenvalue weighted by molar-refractivity contribution is -0.139. The molecule has 0 bridgehead atoms. The minimum atomic E-state index is -0.790. The molecule has 0 saturated carbocycles. The van der Waals surface area contributed by atoms with Crippen LogP contribution in [0.5, 0.6) is 0 Å². The Morgan fingerprint density at radius 3 is 2.39 bits per heavy atom. The highest BCUT2D eigenvalue weighted by molar-refractivity contribution is 9.11. The monoisotopic (exact) mass is 377 g/mol. The predicted octanol–water partition coefficient (Wildman–Crippen LogP) is 3.86. The van der Waals surface area contributed by atoms with E-state index in [1.807, 2.05) is 26.0 Å².